The second kappa shape index (κ2) is 7.14. The van der Waals surface area contributed by atoms with Gasteiger partial charge in [-0.3, -0.25) is 9.78 Å². The number of aryl methyl sites for hydroxylation is 1. The highest BCUT2D eigenvalue weighted by Crippen LogP contribution is 2.17. The second-order valence-corrected chi connectivity index (χ2v) is 5.30. The molecule has 2 atom stereocenters. The van der Waals surface area contributed by atoms with Crippen LogP contribution < -0.4 is 10.1 Å². The maximum absolute atomic E-state index is 12.1. The van der Waals surface area contributed by atoms with Gasteiger partial charge in [-0.25, -0.2) is 0 Å². The highest BCUT2D eigenvalue weighted by molar-refractivity contribution is 5.75. The first kappa shape index (κ1) is 15.3. The number of tetrazole rings is 1. The average Bonchev–Trinajstić information content (AvgIpc) is 3.04. The topological polar surface area (TPSA) is 104 Å². The lowest BCUT2D eigenvalue weighted by Crippen LogP contribution is -2.52. The van der Waals surface area contributed by atoms with Crippen LogP contribution in [0.4, 0.5) is 0 Å². The Bertz CT molecular complexity index is 630. The van der Waals surface area contributed by atoms with Gasteiger partial charge in [0.2, 0.25) is 5.91 Å². The van der Waals surface area contributed by atoms with Crippen molar-refractivity contribution in [1.29, 1.82) is 0 Å². The van der Waals surface area contributed by atoms with Gasteiger partial charge >= 0.3 is 0 Å². The quantitative estimate of drug-likeness (QED) is 0.809. The van der Waals surface area contributed by atoms with Crippen molar-refractivity contribution in [3.05, 3.63) is 30.4 Å². The molecule has 1 amide bonds. The van der Waals surface area contributed by atoms with Crippen molar-refractivity contribution >= 4 is 5.91 Å². The van der Waals surface area contributed by atoms with Gasteiger partial charge in [0, 0.05) is 12.3 Å². The van der Waals surface area contributed by atoms with Gasteiger partial charge in [0.1, 0.15) is 18.4 Å². The van der Waals surface area contributed by atoms with Crippen LogP contribution in [0.3, 0.4) is 0 Å². The first-order valence-corrected chi connectivity index (χ1v) is 7.38. The van der Waals surface area contributed by atoms with Crippen molar-refractivity contribution in [2.24, 2.45) is 0 Å². The zero-order valence-corrected chi connectivity index (χ0v) is 12.8. The molecule has 0 unspecified atom stereocenters. The maximum atomic E-state index is 12.1. The molecule has 1 fully saturated rings. The van der Waals surface area contributed by atoms with Crippen molar-refractivity contribution in [1.82, 2.24) is 30.5 Å². The van der Waals surface area contributed by atoms with E-state index in [9.17, 15) is 4.79 Å². The number of nitrogens with zero attached hydrogens (tertiary/aromatic N) is 5. The summed E-state index contributed by atoms with van der Waals surface area (Å²) in [5, 5.41) is 14.0. The number of aromatic nitrogens is 5. The van der Waals surface area contributed by atoms with Crippen LogP contribution in [0.5, 0.6) is 5.75 Å². The van der Waals surface area contributed by atoms with Crippen LogP contribution in [-0.4, -0.2) is 56.5 Å². The number of ether oxygens (including phenoxy) is 2. The third-order valence-electron chi connectivity index (χ3n) is 3.50. The molecule has 1 saturated heterocycles. The molecule has 122 valence electrons. The molecule has 0 aliphatic carbocycles. The maximum Gasteiger partial charge on any atom is 0.244 e. The van der Waals surface area contributed by atoms with Crippen LogP contribution in [-0.2, 0) is 16.1 Å². The van der Waals surface area contributed by atoms with E-state index in [1.54, 1.807) is 6.20 Å². The summed E-state index contributed by atoms with van der Waals surface area (Å²) in [5.41, 5.74) is 0.919. The minimum atomic E-state index is -0.263. The smallest absolute Gasteiger partial charge is 0.244 e. The summed E-state index contributed by atoms with van der Waals surface area (Å²) in [6, 6.07) is 3.60. The first-order valence-electron chi connectivity index (χ1n) is 7.38. The van der Waals surface area contributed by atoms with Gasteiger partial charge in [-0.05, 0) is 30.7 Å². The summed E-state index contributed by atoms with van der Waals surface area (Å²) < 4.78 is 11.4. The van der Waals surface area contributed by atoms with Crippen LogP contribution in [0.15, 0.2) is 24.7 Å². The largest absolute Gasteiger partial charge is 0.484 e. The zero-order chi connectivity index (χ0) is 16.1. The Morgan fingerprint density at radius 2 is 2.43 bits per heavy atom. The van der Waals surface area contributed by atoms with E-state index in [1.807, 2.05) is 19.1 Å². The van der Waals surface area contributed by atoms with Crippen molar-refractivity contribution in [3.63, 3.8) is 0 Å². The molecular weight excluding hydrogens is 300 g/mol. The summed E-state index contributed by atoms with van der Waals surface area (Å²) in [6.07, 6.45) is 3.38. The molecule has 2 aromatic heterocycles. The van der Waals surface area contributed by atoms with E-state index in [4.69, 9.17) is 9.47 Å². The van der Waals surface area contributed by atoms with Crippen LogP contribution in [0.2, 0.25) is 0 Å². The van der Waals surface area contributed by atoms with E-state index in [0.29, 0.717) is 25.4 Å². The van der Waals surface area contributed by atoms with Crippen LogP contribution in [0.25, 0.3) is 0 Å². The Hall–Kier alpha value is -2.55. The van der Waals surface area contributed by atoms with Crippen molar-refractivity contribution in [2.75, 3.05) is 13.2 Å². The van der Waals surface area contributed by atoms with E-state index < -0.39 is 0 Å². The summed E-state index contributed by atoms with van der Waals surface area (Å²) in [6.45, 7) is 2.93. The molecule has 0 bridgehead atoms. The number of carbonyl (C=O) groups excluding carboxylic acids is 1. The Kier molecular flexibility index (Phi) is 4.77. The molecule has 0 aromatic carbocycles. The number of pyridine rings is 1. The van der Waals surface area contributed by atoms with Crippen LogP contribution in [0.1, 0.15) is 12.1 Å². The highest BCUT2D eigenvalue weighted by Gasteiger charge is 2.29. The van der Waals surface area contributed by atoms with Gasteiger partial charge in [0.25, 0.3) is 0 Å². The first-order chi connectivity index (χ1) is 11.2. The molecule has 0 spiro atoms. The molecule has 1 N–H and O–H groups in total. The third kappa shape index (κ3) is 4.22. The third-order valence-corrected chi connectivity index (χ3v) is 3.50. The molecule has 1 aliphatic rings. The minimum absolute atomic E-state index is 0.0240. The summed E-state index contributed by atoms with van der Waals surface area (Å²) in [7, 11) is 0. The average molecular weight is 318 g/mol. The number of hydrogen-bond acceptors (Lipinski definition) is 7. The lowest BCUT2D eigenvalue weighted by molar-refractivity contribution is -0.125. The molecule has 0 saturated carbocycles. The number of rotatable bonds is 5. The standard InChI is InChI=1S/C14H18N6O3/c1-10-2-3-11(6-15-10)23-13-8-22-5-4-12(13)18-14(21)7-20-17-9-16-19-20/h2-3,6,9,12-13H,4-5,7-8H2,1H3,(H,18,21)/t12-,13+/m1/s1. The lowest BCUT2D eigenvalue weighted by atomic mass is 10.1. The van der Waals surface area contributed by atoms with Gasteiger partial charge in [-0.1, -0.05) is 0 Å². The number of hydrogen-bond donors (Lipinski definition) is 1. The zero-order valence-electron chi connectivity index (χ0n) is 12.8. The Morgan fingerprint density at radius 3 is 3.17 bits per heavy atom. The van der Waals surface area contributed by atoms with Gasteiger partial charge in [0.15, 0.2) is 6.33 Å². The van der Waals surface area contributed by atoms with Crippen LogP contribution in [0, 0.1) is 6.92 Å². The van der Waals surface area contributed by atoms with Crippen molar-refractivity contribution in [3.8, 4) is 5.75 Å². The summed E-state index contributed by atoms with van der Waals surface area (Å²) in [5.74, 6) is 0.467. The van der Waals surface area contributed by atoms with E-state index in [1.165, 1.54) is 11.1 Å². The lowest BCUT2D eigenvalue weighted by Gasteiger charge is -2.32. The summed E-state index contributed by atoms with van der Waals surface area (Å²) in [4.78, 5) is 17.5. The molecule has 2 aromatic rings. The van der Waals surface area contributed by atoms with Crippen LogP contribution >= 0.6 is 0 Å². The number of amides is 1. The van der Waals surface area contributed by atoms with Crippen molar-refractivity contribution < 1.29 is 14.3 Å². The van der Waals surface area contributed by atoms with Gasteiger partial charge in [0.05, 0.1) is 18.8 Å². The molecule has 23 heavy (non-hydrogen) atoms. The molecule has 9 heteroatoms. The Balaban J connectivity index is 1.59. The number of nitrogens with one attached hydrogen (secondary N) is 1. The minimum Gasteiger partial charge on any atom is -0.484 e. The molecule has 1 aliphatic heterocycles. The van der Waals surface area contributed by atoms with E-state index in [0.717, 1.165) is 5.69 Å². The second-order valence-electron chi connectivity index (χ2n) is 5.30. The molecule has 0 radical (unpaired) electrons. The molecule has 3 rings (SSSR count). The fourth-order valence-electron chi connectivity index (χ4n) is 2.33. The molecule has 9 nitrogen and oxygen atoms in total. The predicted octanol–water partition coefficient (Wildman–Crippen LogP) is -0.271. The Morgan fingerprint density at radius 1 is 1.52 bits per heavy atom. The Labute approximate surface area is 133 Å². The predicted molar refractivity (Wildman–Crippen MR) is 78.6 cm³/mol. The summed E-state index contributed by atoms with van der Waals surface area (Å²) >= 11 is 0. The van der Waals surface area contributed by atoms with E-state index in [2.05, 4.69) is 25.7 Å². The van der Waals surface area contributed by atoms with Crippen molar-refractivity contribution in [2.45, 2.75) is 32.0 Å². The van der Waals surface area contributed by atoms with Gasteiger partial charge in [-0.2, -0.15) is 4.80 Å². The van der Waals surface area contributed by atoms with E-state index >= 15 is 0 Å². The normalized spacial score (nSPS) is 20.9. The molecule has 3 heterocycles. The van der Waals surface area contributed by atoms with E-state index in [-0.39, 0.29) is 24.6 Å². The highest BCUT2D eigenvalue weighted by atomic mass is 16.5. The fourth-order valence-corrected chi connectivity index (χ4v) is 2.33. The van der Waals surface area contributed by atoms with Gasteiger partial charge in [-0.15, -0.1) is 10.2 Å². The SMILES string of the molecule is Cc1ccc(O[C@H]2COCC[C@H]2NC(=O)Cn2ncnn2)cn1. The van der Waals surface area contributed by atoms with Gasteiger partial charge < -0.3 is 14.8 Å². The fraction of sp³-hybridized carbons (Fsp3) is 0.500. The monoisotopic (exact) mass is 318 g/mol. The molecular formula is C14H18N6O3. The number of carbonyl (C=O) groups is 1.